The highest BCUT2D eigenvalue weighted by atomic mass is 32.1. The number of hydrogen-bond donors (Lipinski definition) is 2. The first kappa shape index (κ1) is 14.0. The quantitative estimate of drug-likeness (QED) is 0.850. The molecule has 20 heavy (non-hydrogen) atoms. The Labute approximate surface area is 118 Å². The molecule has 102 valence electrons. The largest absolute Gasteiger partial charge is 0.478 e. The zero-order valence-electron chi connectivity index (χ0n) is 10.2. The molecule has 0 atom stereocenters. The van der Waals surface area contributed by atoms with Gasteiger partial charge >= 0.3 is 5.97 Å². The molecule has 0 saturated carbocycles. The molecule has 0 bridgehead atoms. The molecule has 6 heteroatoms. The summed E-state index contributed by atoms with van der Waals surface area (Å²) in [5.41, 5.74) is 0.850. The minimum atomic E-state index is -1.09. The molecule has 1 aromatic carbocycles. The minimum absolute atomic E-state index is 0.344. The van der Waals surface area contributed by atoms with Gasteiger partial charge in [-0.15, -0.1) is 11.3 Å². The maximum atomic E-state index is 13.0. The van der Waals surface area contributed by atoms with Gasteiger partial charge in [0.1, 0.15) is 5.82 Å². The lowest BCUT2D eigenvalue weighted by Crippen LogP contribution is -2.11. The molecule has 0 fully saturated rings. The highest BCUT2D eigenvalue weighted by molar-refractivity contribution is 7.12. The molecule has 2 aromatic rings. The Morgan fingerprint density at radius 3 is 2.80 bits per heavy atom. The average Bonchev–Trinajstić information content (AvgIpc) is 2.84. The van der Waals surface area contributed by atoms with Gasteiger partial charge in [0.15, 0.2) is 0 Å². The summed E-state index contributed by atoms with van der Waals surface area (Å²) in [6.45, 7) is 0. The fraction of sp³-hybridized carbons (Fsp3) is 0. The number of carboxylic acid groups (broad SMARTS) is 1. The number of aliphatic carboxylic acids is 1. The molecular formula is C14H10FNO3S. The highest BCUT2D eigenvalue weighted by Gasteiger charge is 2.12. The number of carboxylic acids is 1. The van der Waals surface area contributed by atoms with Crippen LogP contribution in [0, 0.1) is 5.82 Å². The molecule has 0 aliphatic rings. The number of nitrogens with one attached hydrogen (secondary N) is 1. The first-order valence-corrected chi connectivity index (χ1v) is 6.49. The Morgan fingerprint density at radius 1 is 1.30 bits per heavy atom. The number of carbonyl (C=O) groups is 2. The molecule has 0 saturated heterocycles. The lowest BCUT2D eigenvalue weighted by Gasteiger charge is -2.04. The fourth-order valence-corrected chi connectivity index (χ4v) is 2.33. The molecule has 1 amide bonds. The second-order valence-electron chi connectivity index (χ2n) is 3.84. The third-order valence-corrected chi connectivity index (χ3v) is 3.32. The van der Waals surface area contributed by atoms with Crippen LogP contribution in [0.3, 0.4) is 0 Å². The van der Waals surface area contributed by atoms with E-state index in [2.05, 4.69) is 5.32 Å². The Hall–Kier alpha value is -2.47. The van der Waals surface area contributed by atoms with E-state index in [1.165, 1.54) is 35.6 Å². The van der Waals surface area contributed by atoms with Gasteiger partial charge < -0.3 is 10.4 Å². The number of amides is 1. The van der Waals surface area contributed by atoms with Crippen LogP contribution in [0.4, 0.5) is 10.1 Å². The maximum absolute atomic E-state index is 13.0. The molecule has 0 spiro atoms. The van der Waals surface area contributed by atoms with E-state index in [0.717, 1.165) is 6.08 Å². The first-order valence-electron chi connectivity index (χ1n) is 5.61. The Morgan fingerprint density at radius 2 is 2.10 bits per heavy atom. The Bertz CT molecular complexity index is 679. The monoisotopic (exact) mass is 291 g/mol. The zero-order valence-corrected chi connectivity index (χ0v) is 11.0. The molecule has 0 aliphatic heterocycles. The van der Waals surface area contributed by atoms with E-state index in [-0.39, 0.29) is 0 Å². The number of rotatable bonds is 4. The van der Waals surface area contributed by atoms with E-state index in [1.54, 1.807) is 17.5 Å². The maximum Gasteiger partial charge on any atom is 0.328 e. The second-order valence-corrected chi connectivity index (χ2v) is 4.76. The van der Waals surface area contributed by atoms with Crippen LogP contribution in [0.2, 0.25) is 0 Å². The van der Waals surface area contributed by atoms with Crippen LogP contribution >= 0.6 is 11.3 Å². The third-order valence-electron chi connectivity index (χ3n) is 2.39. The normalized spacial score (nSPS) is 10.7. The van der Waals surface area contributed by atoms with Crippen LogP contribution in [-0.2, 0) is 4.79 Å². The summed E-state index contributed by atoms with van der Waals surface area (Å²) >= 11 is 1.18. The van der Waals surface area contributed by atoms with Crippen molar-refractivity contribution in [2.75, 3.05) is 5.32 Å². The summed E-state index contributed by atoms with van der Waals surface area (Å²) in [7, 11) is 0. The molecule has 1 aromatic heterocycles. The number of benzene rings is 1. The van der Waals surface area contributed by atoms with Gasteiger partial charge in [0, 0.05) is 11.8 Å². The number of anilines is 1. The third kappa shape index (κ3) is 3.52. The predicted molar refractivity (Wildman–Crippen MR) is 75.3 cm³/mol. The molecule has 2 N–H and O–H groups in total. The van der Waals surface area contributed by atoms with E-state index in [0.29, 0.717) is 16.1 Å². The van der Waals surface area contributed by atoms with Crippen LogP contribution in [0.5, 0.6) is 0 Å². The van der Waals surface area contributed by atoms with Gasteiger partial charge in [-0.3, -0.25) is 4.79 Å². The SMILES string of the molecule is O=C(O)C=Cc1ccsc1C(=O)Nc1cccc(F)c1. The van der Waals surface area contributed by atoms with Crippen molar-refractivity contribution < 1.29 is 19.1 Å². The smallest absolute Gasteiger partial charge is 0.328 e. The summed E-state index contributed by atoms with van der Waals surface area (Å²) in [6, 6.07) is 7.19. The number of carbonyl (C=O) groups excluding carboxylic acids is 1. The van der Waals surface area contributed by atoms with Gasteiger partial charge in [-0.25, -0.2) is 9.18 Å². The lowest BCUT2D eigenvalue weighted by molar-refractivity contribution is -0.131. The van der Waals surface area contributed by atoms with Crippen LogP contribution < -0.4 is 5.32 Å². The van der Waals surface area contributed by atoms with Crippen molar-refractivity contribution in [2.24, 2.45) is 0 Å². The van der Waals surface area contributed by atoms with E-state index in [9.17, 15) is 14.0 Å². The van der Waals surface area contributed by atoms with Gasteiger partial charge in [-0.2, -0.15) is 0 Å². The molecular weight excluding hydrogens is 281 g/mol. The molecule has 0 aliphatic carbocycles. The van der Waals surface area contributed by atoms with E-state index in [1.807, 2.05) is 0 Å². The van der Waals surface area contributed by atoms with Crippen molar-refractivity contribution >= 4 is 35.0 Å². The van der Waals surface area contributed by atoms with Gasteiger partial charge in [0.2, 0.25) is 0 Å². The molecule has 4 nitrogen and oxygen atoms in total. The fourth-order valence-electron chi connectivity index (χ4n) is 1.55. The highest BCUT2D eigenvalue weighted by Crippen LogP contribution is 2.20. The predicted octanol–water partition coefficient (Wildman–Crippen LogP) is 3.24. The zero-order chi connectivity index (χ0) is 14.5. The van der Waals surface area contributed by atoms with Crippen LogP contribution in [0.1, 0.15) is 15.2 Å². The summed E-state index contributed by atoms with van der Waals surface area (Å²) in [5, 5.41) is 12.8. The molecule has 2 rings (SSSR count). The average molecular weight is 291 g/mol. The standard InChI is InChI=1S/C14H10FNO3S/c15-10-2-1-3-11(8-10)16-14(19)13-9(6-7-20-13)4-5-12(17)18/h1-8H,(H,16,19)(H,17,18). The van der Waals surface area contributed by atoms with Crippen molar-refractivity contribution in [3.05, 3.63) is 58.0 Å². The first-order chi connectivity index (χ1) is 9.56. The Balaban J connectivity index is 2.18. The van der Waals surface area contributed by atoms with Crippen LogP contribution in [0.15, 0.2) is 41.8 Å². The Kier molecular flexibility index (Phi) is 4.27. The van der Waals surface area contributed by atoms with Crippen LogP contribution in [0.25, 0.3) is 6.08 Å². The summed E-state index contributed by atoms with van der Waals surface area (Å²) < 4.78 is 13.0. The van der Waals surface area contributed by atoms with E-state index < -0.39 is 17.7 Å². The van der Waals surface area contributed by atoms with Gasteiger partial charge in [-0.05, 0) is 41.3 Å². The lowest BCUT2D eigenvalue weighted by atomic mass is 10.2. The van der Waals surface area contributed by atoms with E-state index >= 15 is 0 Å². The van der Waals surface area contributed by atoms with E-state index in [4.69, 9.17) is 5.11 Å². The second kappa shape index (κ2) is 6.12. The molecule has 1 heterocycles. The van der Waals surface area contributed by atoms with Gasteiger partial charge in [-0.1, -0.05) is 6.07 Å². The van der Waals surface area contributed by atoms with Gasteiger partial charge in [0.05, 0.1) is 4.88 Å². The number of hydrogen-bond acceptors (Lipinski definition) is 3. The van der Waals surface area contributed by atoms with Crippen molar-refractivity contribution in [1.29, 1.82) is 0 Å². The van der Waals surface area contributed by atoms with Crippen molar-refractivity contribution in [2.45, 2.75) is 0 Å². The summed E-state index contributed by atoms with van der Waals surface area (Å²) in [4.78, 5) is 22.9. The number of halogens is 1. The van der Waals surface area contributed by atoms with Crippen molar-refractivity contribution in [3.8, 4) is 0 Å². The minimum Gasteiger partial charge on any atom is -0.478 e. The summed E-state index contributed by atoms with van der Waals surface area (Å²) in [5.74, 6) is -1.94. The summed E-state index contributed by atoms with van der Waals surface area (Å²) in [6.07, 6.45) is 2.31. The number of thiophene rings is 1. The van der Waals surface area contributed by atoms with Gasteiger partial charge in [0.25, 0.3) is 5.91 Å². The van der Waals surface area contributed by atoms with Crippen molar-refractivity contribution in [3.63, 3.8) is 0 Å². The molecule has 0 unspecified atom stereocenters. The molecule has 0 radical (unpaired) electrons. The van der Waals surface area contributed by atoms with Crippen molar-refractivity contribution in [1.82, 2.24) is 0 Å². The van der Waals surface area contributed by atoms with Crippen LogP contribution in [-0.4, -0.2) is 17.0 Å². The topological polar surface area (TPSA) is 66.4 Å².